The first-order chi connectivity index (χ1) is 16.0. The molecule has 0 radical (unpaired) electrons. The summed E-state index contributed by atoms with van der Waals surface area (Å²) in [6.07, 6.45) is 10.2. The van der Waals surface area contributed by atoms with Crippen LogP contribution < -0.4 is 0 Å². The monoisotopic (exact) mass is 447 g/mol. The van der Waals surface area contributed by atoms with E-state index in [1.165, 1.54) is 6.20 Å². The number of pyridine rings is 1. The molecule has 0 spiro atoms. The van der Waals surface area contributed by atoms with Crippen molar-refractivity contribution in [1.29, 1.82) is 0 Å². The molecule has 0 aromatic carbocycles. The highest BCUT2D eigenvalue weighted by Crippen LogP contribution is 2.27. The molecule has 1 saturated heterocycles. The number of aromatic nitrogens is 5. The first kappa shape index (κ1) is 21.2. The van der Waals surface area contributed by atoms with Gasteiger partial charge in [0.25, 0.3) is 5.91 Å². The molecule has 0 saturated carbocycles. The third-order valence-electron chi connectivity index (χ3n) is 6.18. The van der Waals surface area contributed by atoms with Gasteiger partial charge in [0.05, 0.1) is 11.3 Å². The molecule has 170 valence electrons. The molecule has 2 aliphatic heterocycles. The van der Waals surface area contributed by atoms with Crippen LogP contribution in [0.4, 0.5) is 4.48 Å². The summed E-state index contributed by atoms with van der Waals surface area (Å²) in [6, 6.07) is 5.48. The molecule has 1 amide bonds. The smallest absolute Gasteiger partial charge is 0.273 e. The number of halogens is 1. The Morgan fingerprint density at radius 1 is 1.15 bits per heavy atom. The van der Waals surface area contributed by atoms with E-state index in [4.69, 9.17) is 4.98 Å². The molecule has 3 aromatic heterocycles. The minimum absolute atomic E-state index is 0.000761. The third-order valence-corrected chi connectivity index (χ3v) is 6.18. The van der Waals surface area contributed by atoms with Crippen LogP contribution in [-0.2, 0) is 13.1 Å². The largest absolute Gasteiger partial charge is 0.334 e. The van der Waals surface area contributed by atoms with Crippen molar-refractivity contribution in [1.82, 2.24) is 34.5 Å². The first-order valence-corrected chi connectivity index (χ1v) is 11.2. The number of carbonyl (C=O) groups is 1. The van der Waals surface area contributed by atoms with Crippen LogP contribution in [0.5, 0.6) is 0 Å². The van der Waals surface area contributed by atoms with Gasteiger partial charge in [0, 0.05) is 55.1 Å². The van der Waals surface area contributed by atoms with Crippen molar-refractivity contribution in [2.24, 2.45) is 0 Å². The maximum absolute atomic E-state index is 13.8. The van der Waals surface area contributed by atoms with Crippen molar-refractivity contribution < 1.29 is 9.28 Å². The van der Waals surface area contributed by atoms with Crippen molar-refractivity contribution in [3.8, 4) is 11.4 Å². The lowest BCUT2D eigenvalue weighted by Crippen LogP contribution is -2.45. The second-order valence-corrected chi connectivity index (χ2v) is 8.65. The summed E-state index contributed by atoms with van der Waals surface area (Å²) in [4.78, 5) is 33.7. The van der Waals surface area contributed by atoms with E-state index in [1.54, 1.807) is 18.5 Å². The highest BCUT2D eigenvalue weighted by molar-refractivity contribution is 5.98. The van der Waals surface area contributed by atoms with E-state index in [0.717, 1.165) is 42.0 Å². The highest BCUT2D eigenvalue weighted by Gasteiger charge is 2.31. The van der Waals surface area contributed by atoms with E-state index in [2.05, 4.69) is 15.0 Å². The van der Waals surface area contributed by atoms with Gasteiger partial charge in [-0.15, -0.1) is 0 Å². The number of hydrogen-bond donors (Lipinski definition) is 0. The fourth-order valence-corrected chi connectivity index (χ4v) is 4.64. The van der Waals surface area contributed by atoms with Crippen molar-refractivity contribution >= 4 is 11.5 Å². The number of amides is 1. The summed E-state index contributed by atoms with van der Waals surface area (Å²) in [7, 11) is 0. The molecule has 0 N–H and O–H groups in total. The van der Waals surface area contributed by atoms with Crippen molar-refractivity contribution in [3.05, 3.63) is 65.9 Å². The molecule has 5 heterocycles. The molecule has 33 heavy (non-hydrogen) atoms. The van der Waals surface area contributed by atoms with Crippen LogP contribution in [0.1, 0.15) is 53.9 Å². The molecule has 0 unspecified atom stereocenters. The van der Waals surface area contributed by atoms with Crippen molar-refractivity contribution in [3.63, 3.8) is 0 Å². The Labute approximate surface area is 191 Å². The zero-order valence-corrected chi connectivity index (χ0v) is 18.8. The van der Waals surface area contributed by atoms with E-state index >= 15 is 0 Å². The van der Waals surface area contributed by atoms with Crippen LogP contribution in [0, 0.1) is 6.92 Å². The van der Waals surface area contributed by atoms with Crippen LogP contribution in [-0.4, -0.2) is 53.0 Å². The number of imidazole rings is 1. The molecule has 0 aliphatic carbocycles. The van der Waals surface area contributed by atoms with Gasteiger partial charge in [-0.25, -0.2) is 19.9 Å². The van der Waals surface area contributed by atoms with Gasteiger partial charge in [-0.05, 0) is 51.3 Å². The number of fused-ring (bicyclic) bond motifs is 1. The second kappa shape index (κ2) is 8.73. The lowest BCUT2D eigenvalue weighted by atomic mass is 9.97. The minimum atomic E-state index is -0.110. The zero-order chi connectivity index (χ0) is 22.9. The summed E-state index contributed by atoms with van der Waals surface area (Å²) in [6.45, 7) is 4.51. The third kappa shape index (κ3) is 4.22. The second-order valence-electron chi connectivity index (χ2n) is 8.65. The topological polar surface area (TPSA) is 80.0 Å². The molecular weight excluding hydrogens is 421 g/mol. The fourth-order valence-electron chi connectivity index (χ4n) is 4.64. The Hall–Kier alpha value is -3.62. The summed E-state index contributed by atoms with van der Waals surface area (Å²) in [5.41, 5.74) is 3.43. The number of hydrogen-bond acceptors (Lipinski definition) is 6. The number of likely N-dealkylation sites (tertiary alicyclic amines) is 1. The maximum atomic E-state index is 13.8. The zero-order valence-electron chi connectivity index (χ0n) is 18.8. The number of nitrogens with zero attached hydrogens (tertiary/aromatic N) is 7. The van der Waals surface area contributed by atoms with Gasteiger partial charge in [0.1, 0.15) is 18.2 Å². The minimum Gasteiger partial charge on any atom is -0.334 e. The van der Waals surface area contributed by atoms with Crippen molar-refractivity contribution in [2.45, 2.75) is 52.2 Å². The Morgan fingerprint density at radius 2 is 1.97 bits per heavy atom. The fraction of sp³-hybridized carbons (Fsp3) is 0.375. The Bertz CT molecular complexity index is 1210. The molecule has 1 atom stereocenters. The average molecular weight is 448 g/mol. The molecule has 0 bridgehead atoms. The lowest BCUT2D eigenvalue weighted by molar-refractivity contribution is 0.0482. The number of rotatable bonds is 4. The molecule has 2 aliphatic rings. The summed E-state index contributed by atoms with van der Waals surface area (Å²) in [5, 5.41) is 0.654. The van der Waals surface area contributed by atoms with Crippen LogP contribution in [0.15, 0.2) is 43.0 Å². The van der Waals surface area contributed by atoms with Gasteiger partial charge in [-0.1, -0.05) is 4.48 Å². The maximum Gasteiger partial charge on any atom is 0.273 e. The predicted molar refractivity (Wildman–Crippen MR) is 121 cm³/mol. The number of piperidine rings is 1. The van der Waals surface area contributed by atoms with Gasteiger partial charge < -0.3 is 9.47 Å². The quantitative estimate of drug-likeness (QED) is 0.566. The van der Waals surface area contributed by atoms with Crippen LogP contribution >= 0.6 is 0 Å². The SMILES string of the molecule is CC1=CN(F)Cn2cc(C[C@@H]3CCCCN3C(=O)c3nc(C)ccc3-c3ncccn3)nc21. The lowest BCUT2D eigenvalue weighted by Gasteiger charge is -2.35. The highest BCUT2D eigenvalue weighted by atomic mass is 19.2. The summed E-state index contributed by atoms with van der Waals surface area (Å²) < 4.78 is 15.6. The number of carbonyl (C=O) groups excluding carboxylic acids is 1. The first-order valence-electron chi connectivity index (χ1n) is 11.2. The normalized spacial score (nSPS) is 18.2. The molecule has 9 heteroatoms. The van der Waals surface area contributed by atoms with Gasteiger partial charge >= 0.3 is 0 Å². The molecule has 8 nitrogen and oxygen atoms in total. The van der Waals surface area contributed by atoms with E-state index in [1.807, 2.05) is 41.6 Å². The standard InChI is InChI=1S/C24H26FN7O/c1-16-13-31(25)15-30-14-18(29-23(16)30)12-19-6-3-4-11-32(19)24(33)21-20(8-7-17(2)28-21)22-26-9-5-10-27-22/h5,7-10,13-14,19H,3-4,6,11-12,15H2,1-2H3/t19-/m0/s1. The Kier molecular flexibility index (Phi) is 5.62. The Morgan fingerprint density at radius 3 is 2.79 bits per heavy atom. The average Bonchev–Trinajstić information content (AvgIpc) is 3.22. The van der Waals surface area contributed by atoms with Gasteiger partial charge in [0.15, 0.2) is 5.82 Å². The van der Waals surface area contributed by atoms with Gasteiger partial charge in [-0.3, -0.25) is 4.79 Å². The van der Waals surface area contributed by atoms with E-state index in [9.17, 15) is 9.28 Å². The summed E-state index contributed by atoms with van der Waals surface area (Å²) >= 11 is 0. The van der Waals surface area contributed by atoms with E-state index in [-0.39, 0.29) is 18.6 Å². The molecule has 3 aromatic rings. The van der Waals surface area contributed by atoms with Crippen LogP contribution in [0.25, 0.3) is 17.0 Å². The van der Waals surface area contributed by atoms with Crippen LogP contribution in [0.3, 0.4) is 0 Å². The molecular formula is C24H26FN7O. The Balaban J connectivity index is 1.43. The predicted octanol–water partition coefficient (Wildman–Crippen LogP) is 3.80. The molecule has 5 rings (SSSR count). The van der Waals surface area contributed by atoms with Crippen LogP contribution in [0.2, 0.25) is 0 Å². The van der Waals surface area contributed by atoms with Gasteiger partial charge in [-0.2, -0.15) is 5.12 Å². The molecule has 1 fully saturated rings. The van der Waals surface area contributed by atoms with Gasteiger partial charge in [0.2, 0.25) is 0 Å². The van der Waals surface area contributed by atoms with E-state index in [0.29, 0.717) is 35.2 Å². The van der Waals surface area contributed by atoms with E-state index < -0.39 is 0 Å². The number of aryl methyl sites for hydroxylation is 1. The van der Waals surface area contributed by atoms with Crippen molar-refractivity contribution in [2.75, 3.05) is 6.54 Å². The summed E-state index contributed by atoms with van der Waals surface area (Å²) in [5.74, 6) is 1.15. The number of allylic oxidation sites excluding steroid dienone is 1.